The first-order valence-electron chi connectivity index (χ1n) is 9.06. The van der Waals surface area contributed by atoms with Gasteiger partial charge in [-0.25, -0.2) is 0 Å². The highest BCUT2D eigenvalue weighted by Gasteiger charge is 2.12. The first kappa shape index (κ1) is 20.5. The lowest BCUT2D eigenvalue weighted by Crippen LogP contribution is -2.45. The van der Waals surface area contributed by atoms with Crippen LogP contribution >= 0.6 is 0 Å². The number of nitrogens with one attached hydrogen (secondary N) is 2. The summed E-state index contributed by atoms with van der Waals surface area (Å²) in [5.74, 6) is 0.871. The molecule has 1 heterocycles. The Morgan fingerprint density at radius 1 is 1.17 bits per heavy atom. The van der Waals surface area contributed by atoms with E-state index < -0.39 is 0 Å². The molecule has 1 rings (SSSR count). The summed E-state index contributed by atoms with van der Waals surface area (Å²) in [4.78, 5) is 6.77. The number of aryl methyl sites for hydroxylation is 3. The Labute approximate surface area is 147 Å². The van der Waals surface area contributed by atoms with Crippen LogP contribution in [0.15, 0.2) is 11.1 Å². The summed E-state index contributed by atoms with van der Waals surface area (Å²) in [6, 6.07) is 3.23. The van der Waals surface area contributed by atoms with Crippen LogP contribution < -0.4 is 10.6 Å². The summed E-state index contributed by atoms with van der Waals surface area (Å²) in [6.07, 6.45) is 1.02. The zero-order valence-corrected chi connectivity index (χ0v) is 16.6. The maximum atomic E-state index is 4.49. The maximum Gasteiger partial charge on any atom is 0.191 e. The van der Waals surface area contributed by atoms with E-state index in [2.05, 4.69) is 71.0 Å². The lowest BCUT2D eigenvalue weighted by atomic mass is 10.2. The van der Waals surface area contributed by atoms with Gasteiger partial charge < -0.3 is 10.6 Å². The summed E-state index contributed by atoms with van der Waals surface area (Å²) in [6.45, 7) is 16.8. The van der Waals surface area contributed by atoms with Gasteiger partial charge in [-0.15, -0.1) is 0 Å². The van der Waals surface area contributed by atoms with E-state index in [9.17, 15) is 0 Å². The first-order valence-corrected chi connectivity index (χ1v) is 9.06. The molecule has 0 radical (unpaired) electrons. The summed E-state index contributed by atoms with van der Waals surface area (Å²) in [5, 5.41) is 11.3. The minimum atomic E-state index is 0.558. The molecule has 138 valence electrons. The van der Waals surface area contributed by atoms with E-state index in [1.54, 1.807) is 0 Å². The van der Waals surface area contributed by atoms with Crippen molar-refractivity contribution >= 4 is 5.96 Å². The quantitative estimate of drug-likeness (QED) is 0.412. The number of guanidine groups is 1. The molecule has 0 aliphatic rings. The van der Waals surface area contributed by atoms with Crippen LogP contribution in [0.1, 0.15) is 45.5 Å². The van der Waals surface area contributed by atoms with Crippen LogP contribution in [0, 0.1) is 13.8 Å². The normalized spacial score (nSPS) is 12.5. The second-order valence-electron chi connectivity index (χ2n) is 6.85. The van der Waals surface area contributed by atoms with Crippen molar-refractivity contribution in [3.05, 3.63) is 17.5 Å². The van der Waals surface area contributed by atoms with Gasteiger partial charge in [0.2, 0.25) is 0 Å². The molecule has 0 aliphatic heterocycles. The molecule has 0 bridgehead atoms. The highest BCUT2D eigenvalue weighted by atomic mass is 15.3. The van der Waals surface area contributed by atoms with E-state index in [-0.39, 0.29) is 0 Å². The Bertz CT molecular complexity index is 496. The van der Waals surface area contributed by atoms with Crippen LogP contribution in [0.3, 0.4) is 0 Å². The van der Waals surface area contributed by atoms with E-state index in [0.717, 1.165) is 44.3 Å². The molecule has 0 spiro atoms. The van der Waals surface area contributed by atoms with Crippen molar-refractivity contribution in [3.8, 4) is 0 Å². The molecule has 2 N–H and O–H groups in total. The third-order valence-electron chi connectivity index (χ3n) is 4.16. The predicted octanol–water partition coefficient (Wildman–Crippen LogP) is 2.17. The van der Waals surface area contributed by atoms with Crippen molar-refractivity contribution in [1.82, 2.24) is 25.3 Å². The lowest BCUT2D eigenvalue weighted by Gasteiger charge is -2.30. The van der Waals surface area contributed by atoms with Gasteiger partial charge in [0.25, 0.3) is 0 Å². The number of aromatic nitrogens is 2. The fourth-order valence-electron chi connectivity index (χ4n) is 2.97. The van der Waals surface area contributed by atoms with Gasteiger partial charge in [0.1, 0.15) is 0 Å². The molecule has 6 nitrogen and oxygen atoms in total. The van der Waals surface area contributed by atoms with Crippen molar-refractivity contribution in [2.24, 2.45) is 4.99 Å². The van der Waals surface area contributed by atoms with Crippen LogP contribution in [-0.4, -0.2) is 59.4 Å². The summed E-state index contributed by atoms with van der Waals surface area (Å²) in [7, 11) is 1.82. The summed E-state index contributed by atoms with van der Waals surface area (Å²) < 4.78 is 2.07. The first-order chi connectivity index (χ1) is 11.3. The predicted molar refractivity (Wildman–Crippen MR) is 103 cm³/mol. The molecular formula is C18H36N6. The molecule has 6 heteroatoms. The van der Waals surface area contributed by atoms with E-state index in [1.165, 1.54) is 5.69 Å². The molecule has 0 aliphatic carbocycles. The minimum Gasteiger partial charge on any atom is -0.356 e. The highest BCUT2D eigenvalue weighted by molar-refractivity contribution is 5.79. The number of hydrogen-bond donors (Lipinski definition) is 2. The Morgan fingerprint density at radius 2 is 1.79 bits per heavy atom. The third kappa shape index (κ3) is 6.91. The smallest absolute Gasteiger partial charge is 0.191 e. The standard InChI is InChI=1S/C18H36N6/c1-14(2)23(15(3)4)12-10-21-18(19-7)20-9-8-11-24-17(6)13-16(5)22-24/h13-15H,8-12H2,1-7H3,(H2,19,20,21). The van der Waals surface area contributed by atoms with E-state index in [4.69, 9.17) is 0 Å². The fourth-order valence-corrected chi connectivity index (χ4v) is 2.97. The number of hydrogen-bond acceptors (Lipinski definition) is 3. The third-order valence-corrected chi connectivity index (χ3v) is 4.16. The molecule has 0 aromatic carbocycles. The van der Waals surface area contributed by atoms with Crippen molar-refractivity contribution in [2.75, 3.05) is 26.7 Å². The zero-order valence-electron chi connectivity index (χ0n) is 16.6. The van der Waals surface area contributed by atoms with Crippen LogP contribution in [0.5, 0.6) is 0 Å². The summed E-state index contributed by atoms with van der Waals surface area (Å²) in [5.41, 5.74) is 2.30. The molecule has 1 aromatic rings. The topological polar surface area (TPSA) is 57.5 Å². The Hall–Kier alpha value is -1.56. The van der Waals surface area contributed by atoms with Gasteiger partial charge in [-0.1, -0.05) is 0 Å². The van der Waals surface area contributed by atoms with Crippen molar-refractivity contribution in [2.45, 2.75) is 66.6 Å². The molecule has 24 heavy (non-hydrogen) atoms. The molecule has 0 amide bonds. The molecular weight excluding hydrogens is 300 g/mol. The summed E-state index contributed by atoms with van der Waals surface area (Å²) >= 11 is 0. The average Bonchev–Trinajstić information content (AvgIpc) is 2.82. The monoisotopic (exact) mass is 336 g/mol. The number of rotatable bonds is 9. The van der Waals surface area contributed by atoms with Crippen LogP contribution in [0.2, 0.25) is 0 Å². The van der Waals surface area contributed by atoms with Crippen LogP contribution in [0.4, 0.5) is 0 Å². The maximum absolute atomic E-state index is 4.49. The fraction of sp³-hybridized carbons (Fsp3) is 0.778. The Balaban J connectivity index is 2.26. The molecule has 0 fully saturated rings. The van der Waals surface area contributed by atoms with Crippen LogP contribution in [-0.2, 0) is 6.54 Å². The number of nitrogens with zero attached hydrogens (tertiary/aromatic N) is 4. The minimum absolute atomic E-state index is 0.558. The second-order valence-corrected chi connectivity index (χ2v) is 6.85. The van der Waals surface area contributed by atoms with Gasteiger partial charge in [0.05, 0.1) is 5.69 Å². The second kappa shape index (κ2) is 10.3. The van der Waals surface area contributed by atoms with Crippen LogP contribution in [0.25, 0.3) is 0 Å². The van der Waals surface area contributed by atoms with Crippen molar-refractivity contribution in [3.63, 3.8) is 0 Å². The number of aliphatic imine (C=N–C) groups is 1. The van der Waals surface area contributed by atoms with Gasteiger partial charge in [0, 0.05) is 51.0 Å². The molecule has 0 unspecified atom stereocenters. The SMILES string of the molecule is CN=C(NCCCn1nc(C)cc1C)NCCN(C(C)C)C(C)C. The van der Waals surface area contributed by atoms with Crippen molar-refractivity contribution < 1.29 is 0 Å². The Morgan fingerprint density at radius 3 is 2.29 bits per heavy atom. The van der Waals surface area contributed by atoms with Gasteiger partial charge in [-0.3, -0.25) is 14.6 Å². The highest BCUT2D eigenvalue weighted by Crippen LogP contribution is 2.03. The lowest BCUT2D eigenvalue weighted by molar-refractivity contribution is 0.178. The molecule has 1 aromatic heterocycles. The van der Waals surface area contributed by atoms with Gasteiger partial charge in [-0.05, 0) is 54.0 Å². The van der Waals surface area contributed by atoms with E-state index >= 15 is 0 Å². The Kier molecular flexibility index (Phi) is 8.82. The largest absolute Gasteiger partial charge is 0.356 e. The molecule has 0 atom stereocenters. The molecule has 0 saturated heterocycles. The molecule has 0 saturated carbocycles. The van der Waals surface area contributed by atoms with Gasteiger partial charge >= 0.3 is 0 Å². The van der Waals surface area contributed by atoms with E-state index in [1.807, 2.05) is 14.0 Å². The van der Waals surface area contributed by atoms with Crippen molar-refractivity contribution in [1.29, 1.82) is 0 Å². The average molecular weight is 337 g/mol. The zero-order chi connectivity index (χ0) is 18.1. The van der Waals surface area contributed by atoms with Gasteiger partial charge in [0.15, 0.2) is 5.96 Å². The van der Waals surface area contributed by atoms with Gasteiger partial charge in [-0.2, -0.15) is 5.10 Å². The van der Waals surface area contributed by atoms with E-state index in [0.29, 0.717) is 12.1 Å².